The van der Waals surface area contributed by atoms with E-state index < -0.39 is 0 Å². The summed E-state index contributed by atoms with van der Waals surface area (Å²) >= 11 is 3.02. The van der Waals surface area contributed by atoms with Crippen molar-refractivity contribution in [1.82, 2.24) is 0 Å². The molecule has 0 aliphatic rings. The van der Waals surface area contributed by atoms with Crippen molar-refractivity contribution in [2.24, 2.45) is 0 Å². The zero-order chi connectivity index (χ0) is 11.6. The van der Waals surface area contributed by atoms with Crippen LogP contribution in [0.1, 0.15) is 39.0 Å². The molecule has 0 aliphatic carbocycles. The van der Waals surface area contributed by atoms with Crippen molar-refractivity contribution in [3.63, 3.8) is 0 Å². The second kappa shape index (κ2) is 9.26. The third-order valence-electron chi connectivity index (χ3n) is 2.32. The number of halogens is 1. The van der Waals surface area contributed by atoms with Gasteiger partial charge >= 0.3 is 120 Å². The van der Waals surface area contributed by atoms with Crippen LogP contribution in [0.2, 0.25) is 0 Å². The number of hydrogen-bond acceptors (Lipinski definition) is 0. The van der Waals surface area contributed by atoms with Gasteiger partial charge in [-0.15, -0.1) is 0 Å². The molecule has 0 fully saturated rings. The molecule has 0 heterocycles. The Morgan fingerprint density at radius 3 is 2.62 bits per heavy atom. The molecule has 1 aromatic carbocycles. The normalized spacial score (nSPS) is 11.8. The first-order valence-corrected chi connectivity index (χ1v) is 8.70. The Morgan fingerprint density at radius 1 is 1.19 bits per heavy atom. The van der Waals surface area contributed by atoms with Crippen molar-refractivity contribution in [2.45, 2.75) is 39.0 Å². The molecular formula is C14H19ISe. The van der Waals surface area contributed by atoms with E-state index in [4.69, 9.17) is 0 Å². The Bertz CT molecular complexity index is 306. The minimum absolute atomic E-state index is 0.520. The van der Waals surface area contributed by atoms with E-state index >= 15 is 0 Å². The Morgan fingerprint density at radius 2 is 1.94 bits per heavy atom. The molecule has 1 rings (SSSR count). The van der Waals surface area contributed by atoms with Gasteiger partial charge in [-0.1, -0.05) is 0 Å². The van der Waals surface area contributed by atoms with Crippen LogP contribution in [0.3, 0.4) is 0 Å². The first-order valence-electron chi connectivity index (χ1n) is 5.91. The van der Waals surface area contributed by atoms with Gasteiger partial charge in [0, 0.05) is 0 Å². The molecule has 0 nitrogen and oxygen atoms in total. The average Bonchev–Trinajstić information content (AvgIpc) is 2.30. The van der Waals surface area contributed by atoms with Crippen LogP contribution in [-0.2, 0) is 0 Å². The van der Waals surface area contributed by atoms with Crippen molar-refractivity contribution in [3.05, 3.63) is 38.9 Å². The van der Waals surface area contributed by atoms with Crippen LogP contribution < -0.4 is 4.46 Å². The number of benzene rings is 1. The van der Waals surface area contributed by atoms with Gasteiger partial charge in [-0.3, -0.25) is 0 Å². The van der Waals surface area contributed by atoms with E-state index in [9.17, 15) is 0 Å². The second-order valence-corrected chi connectivity index (χ2v) is 8.92. The van der Waals surface area contributed by atoms with Crippen LogP contribution in [0.15, 0.2) is 38.9 Å². The fourth-order valence-corrected chi connectivity index (χ4v) is 4.57. The fourth-order valence-electron chi connectivity index (χ4n) is 1.43. The zero-order valence-electron chi connectivity index (χ0n) is 9.79. The van der Waals surface area contributed by atoms with Crippen molar-refractivity contribution < 1.29 is 0 Å². The van der Waals surface area contributed by atoms with Crippen LogP contribution >= 0.6 is 22.6 Å². The molecule has 0 amide bonds. The summed E-state index contributed by atoms with van der Waals surface area (Å²) < 4.78 is 3.01. The van der Waals surface area contributed by atoms with E-state index in [0.717, 1.165) is 0 Å². The standard InChI is InChI=1S/C14H19ISe/c1-2-3-4-5-9-12-14(15)16-13-10-7-6-8-11-13/h6-8,10-12H,2-5,9H2,1H3/b14-12+. The van der Waals surface area contributed by atoms with Crippen LogP contribution in [0.5, 0.6) is 0 Å². The molecule has 2 heteroatoms. The molecule has 0 spiro atoms. The maximum absolute atomic E-state index is 2.49. The van der Waals surface area contributed by atoms with Gasteiger partial charge in [0.2, 0.25) is 0 Å². The van der Waals surface area contributed by atoms with Gasteiger partial charge in [-0.2, -0.15) is 0 Å². The first kappa shape index (κ1) is 14.3. The third kappa shape index (κ3) is 6.72. The van der Waals surface area contributed by atoms with Crippen LogP contribution in [0, 0.1) is 0 Å². The maximum atomic E-state index is 2.49. The van der Waals surface area contributed by atoms with E-state index in [0.29, 0.717) is 15.0 Å². The van der Waals surface area contributed by atoms with Crippen molar-refractivity contribution in [1.29, 1.82) is 0 Å². The number of unbranched alkanes of at least 4 members (excludes halogenated alkanes) is 4. The van der Waals surface area contributed by atoms with Crippen molar-refractivity contribution in [3.8, 4) is 0 Å². The molecule has 0 atom stereocenters. The molecule has 0 aliphatic heterocycles. The van der Waals surface area contributed by atoms with Crippen molar-refractivity contribution >= 4 is 42.0 Å². The fraction of sp³-hybridized carbons (Fsp3) is 0.429. The van der Waals surface area contributed by atoms with Crippen LogP contribution in [-0.4, -0.2) is 15.0 Å². The topological polar surface area (TPSA) is 0 Å². The molecule has 0 saturated carbocycles. The van der Waals surface area contributed by atoms with Gasteiger partial charge in [-0.05, 0) is 0 Å². The van der Waals surface area contributed by atoms with Gasteiger partial charge in [-0.25, -0.2) is 0 Å². The monoisotopic (exact) mass is 394 g/mol. The Labute approximate surface area is 119 Å². The van der Waals surface area contributed by atoms with E-state index in [1.54, 1.807) is 0 Å². The molecule has 88 valence electrons. The van der Waals surface area contributed by atoms with E-state index in [1.165, 1.54) is 39.0 Å². The summed E-state index contributed by atoms with van der Waals surface area (Å²) in [6.07, 6.45) is 9.12. The van der Waals surface area contributed by atoms with Crippen molar-refractivity contribution in [2.75, 3.05) is 0 Å². The van der Waals surface area contributed by atoms with Gasteiger partial charge in [0.05, 0.1) is 0 Å². The summed E-state index contributed by atoms with van der Waals surface area (Å²) in [6, 6.07) is 10.8. The van der Waals surface area contributed by atoms with Crippen LogP contribution in [0.4, 0.5) is 0 Å². The SMILES string of the molecule is CCCCCC/C=C(\I)[Se]c1ccccc1. The van der Waals surface area contributed by atoms with Gasteiger partial charge in [0.25, 0.3) is 0 Å². The van der Waals surface area contributed by atoms with E-state index in [2.05, 4.69) is 65.9 Å². The second-order valence-electron chi connectivity index (χ2n) is 3.77. The summed E-state index contributed by atoms with van der Waals surface area (Å²) in [5.41, 5.74) is 0. The summed E-state index contributed by atoms with van der Waals surface area (Å²) in [6.45, 7) is 2.26. The molecule has 0 saturated heterocycles. The number of rotatable bonds is 7. The third-order valence-corrected chi connectivity index (χ3v) is 5.73. The number of allylic oxidation sites excluding steroid dienone is 1. The van der Waals surface area contributed by atoms with E-state index in [1.807, 2.05) is 0 Å². The predicted octanol–water partition coefficient (Wildman–Crippen LogP) is 4.26. The first-order chi connectivity index (χ1) is 7.83. The minimum atomic E-state index is 0.520. The molecule has 16 heavy (non-hydrogen) atoms. The molecule has 0 N–H and O–H groups in total. The van der Waals surface area contributed by atoms with E-state index in [-0.39, 0.29) is 0 Å². The Balaban J connectivity index is 2.24. The quantitative estimate of drug-likeness (QED) is 0.369. The molecule has 0 aromatic heterocycles. The van der Waals surface area contributed by atoms with Crippen LogP contribution in [0.25, 0.3) is 0 Å². The Kier molecular flexibility index (Phi) is 8.26. The predicted molar refractivity (Wildman–Crippen MR) is 82.7 cm³/mol. The molecule has 0 bridgehead atoms. The number of hydrogen-bond donors (Lipinski definition) is 0. The van der Waals surface area contributed by atoms with Gasteiger partial charge in [0.15, 0.2) is 0 Å². The van der Waals surface area contributed by atoms with Gasteiger partial charge in [0.1, 0.15) is 0 Å². The molecule has 0 radical (unpaired) electrons. The molecular weight excluding hydrogens is 374 g/mol. The zero-order valence-corrected chi connectivity index (χ0v) is 13.7. The summed E-state index contributed by atoms with van der Waals surface area (Å²) in [5.74, 6) is 0. The summed E-state index contributed by atoms with van der Waals surface area (Å²) in [7, 11) is 0. The average molecular weight is 393 g/mol. The summed E-state index contributed by atoms with van der Waals surface area (Å²) in [5, 5.41) is 0. The Hall–Kier alpha value is 0.209. The molecule has 0 unspecified atom stereocenters. The molecule has 1 aromatic rings. The summed E-state index contributed by atoms with van der Waals surface area (Å²) in [4.78, 5) is 0. The van der Waals surface area contributed by atoms with Gasteiger partial charge < -0.3 is 0 Å².